The smallest absolute Gasteiger partial charge is 0.399 e. The van der Waals surface area contributed by atoms with Gasteiger partial charge in [-0.3, -0.25) is 0 Å². The summed E-state index contributed by atoms with van der Waals surface area (Å²) in [6.45, 7) is 13.6. The van der Waals surface area contributed by atoms with Crippen molar-refractivity contribution in [3.63, 3.8) is 0 Å². The Bertz CT molecular complexity index is 548. The molecule has 0 aromatic heterocycles. The van der Waals surface area contributed by atoms with Crippen molar-refractivity contribution < 1.29 is 13.7 Å². The monoisotopic (exact) mass is 291 g/mol. The van der Waals surface area contributed by atoms with E-state index >= 15 is 0 Å². The largest absolute Gasteiger partial charge is 0.495 e. The Morgan fingerprint density at radius 1 is 1.10 bits per heavy atom. The Balaban J connectivity index is 0.00000106. The summed E-state index contributed by atoms with van der Waals surface area (Å²) in [5, 5.41) is 8.81. The van der Waals surface area contributed by atoms with E-state index in [1.165, 1.54) is 12.1 Å². The number of hydrogen-bond donors (Lipinski definition) is 0. The van der Waals surface area contributed by atoms with E-state index in [-0.39, 0.29) is 5.56 Å². The standard InChI is InChI=1S/C14H17BFNO2.C2H6/c1-9-6-10(8-17)12(16)7-11(9)15-18-13(2,3)14(4,5)19-15;1-2/h6-7H,1-5H3;1-2H3. The van der Waals surface area contributed by atoms with Crippen molar-refractivity contribution in [1.82, 2.24) is 0 Å². The van der Waals surface area contributed by atoms with Crippen molar-refractivity contribution in [2.75, 3.05) is 0 Å². The molecule has 0 atom stereocenters. The van der Waals surface area contributed by atoms with E-state index in [2.05, 4.69) is 0 Å². The minimum atomic E-state index is -0.604. The van der Waals surface area contributed by atoms with Crippen LogP contribution in [0.15, 0.2) is 12.1 Å². The molecule has 0 unspecified atom stereocenters. The highest BCUT2D eigenvalue weighted by Crippen LogP contribution is 2.36. The highest BCUT2D eigenvalue weighted by Gasteiger charge is 2.52. The number of halogens is 1. The van der Waals surface area contributed by atoms with Crippen LogP contribution in [-0.2, 0) is 9.31 Å². The first-order valence-electron chi connectivity index (χ1n) is 7.24. The normalized spacial score (nSPS) is 18.7. The van der Waals surface area contributed by atoms with Gasteiger partial charge in [0.1, 0.15) is 11.9 Å². The van der Waals surface area contributed by atoms with Gasteiger partial charge in [0, 0.05) is 0 Å². The number of benzene rings is 1. The molecule has 0 saturated carbocycles. The average Bonchev–Trinajstić information content (AvgIpc) is 2.63. The Labute approximate surface area is 127 Å². The molecule has 1 saturated heterocycles. The summed E-state index contributed by atoms with van der Waals surface area (Å²) in [6.07, 6.45) is 0. The quantitative estimate of drug-likeness (QED) is 0.745. The Kier molecular flexibility index (Phi) is 5.19. The molecule has 0 bridgehead atoms. The molecule has 1 aromatic rings. The van der Waals surface area contributed by atoms with Crippen LogP contribution in [0.5, 0.6) is 0 Å². The Hall–Kier alpha value is -1.38. The van der Waals surface area contributed by atoms with Crippen LogP contribution >= 0.6 is 0 Å². The van der Waals surface area contributed by atoms with Gasteiger partial charge in [-0.1, -0.05) is 13.8 Å². The summed E-state index contributed by atoms with van der Waals surface area (Å²) in [5.41, 5.74) is 0.535. The van der Waals surface area contributed by atoms with Crippen molar-refractivity contribution in [2.24, 2.45) is 0 Å². The van der Waals surface area contributed by atoms with Gasteiger partial charge in [0.2, 0.25) is 0 Å². The zero-order chi connectivity index (χ0) is 16.4. The van der Waals surface area contributed by atoms with E-state index < -0.39 is 24.1 Å². The van der Waals surface area contributed by atoms with Gasteiger partial charge in [-0.25, -0.2) is 4.39 Å². The lowest BCUT2D eigenvalue weighted by atomic mass is 9.75. The summed E-state index contributed by atoms with van der Waals surface area (Å²) in [5.74, 6) is -0.544. The number of nitriles is 1. The minimum Gasteiger partial charge on any atom is -0.399 e. The van der Waals surface area contributed by atoms with E-state index in [9.17, 15) is 4.39 Å². The highest BCUT2D eigenvalue weighted by molar-refractivity contribution is 6.62. The van der Waals surface area contributed by atoms with E-state index in [1.54, 1.807) is 0 Å². The summed E-state index contributed by atoms with van der Waals surface area (Å²) in [7, 11) is -0.604. The van der Waals surface area contributed by atoms with Crippen LogP contribution in [0.3, 0.4) is 0 Å². The topological polar surface area (TPSA) is 42.2 Å². The fourth-order valence-electron chi connectivity index (χ4n) is 2.01. The summed E-state index contributed by atoms with van der Waals surface area (Å²) in [4.78, 5) is 0. The number of aryl methyl sites for hydroxylation is 1. The maximum absolute atomic E-state index is 13.7. The van der Waals surface area contributed by atoms with Crippen molar-refractivity contribution >= 4 is 12.6 Å². The second-order valence-corrected chi connectivity index (χ2v) is 5.89. The molecule has 3 nitrogen and oxygen atoms in total. The molecule has 0 aliphatic carbocycles. The van der Waals surface area contributed by atoms with Gasteiger partial charge in [0.05, 0.1) is 16.8 Å². The van der Waals surface area contributed by atoms with Gasteiger partial charge in [-0.15, -0.1) is 0 Å². The van der Waals surface area contributed by atoms with Gasteiger partial charge in [0.25, 0.3) is 0 Å². The third-order valence-electron chi connectivity index (χ3n) is 3.98. The second kappa shape index (κ2) is 6.17. The first-order valence-corrected chi connectivity index (χ1v) is 7.24. The van der Waals surface area contributed by atoms with Gasteiger partial charge in [-0.05, 0) is 57.8 Å². The molecule has 1 aliphatic heterocycles. The van der Waals surface area contributed by atoms with Crippen molar-refractivity contribution in [3.8, 4) is 6.07 Å². The predicted octanol–water partition coefficient (Wildman–Crippen LogP) is 3.33. The first kappa shape index (κ1) is 17.7. The third kappa shape index (κ3) is 3.28. The molecule has 21 heavy (non-hydrogen) atoms. The lowest BCUT2D eigenvalue weighted by Crippen LogP contribution is -2.41. The zero-order valence-corrected chi connectivity index (χ0v) is 13.9. The van der Waals surface area contributed by atoms with Crippen molar-refractivity contribution in [3.05, 3.63) is 29.1 Å². The van der Waals surface area contributed by atoms with E-state index in [1.807, 2.05) is 54.5 Å². The molecule has 2 rings (SSSR count). The molecule has 0 radical (unpaired) electrons. The lowest BCUT2D eigenvalue weighted by Gasteiger charge is -2.32. The molecule has 0 spiro atoms. The third-order valence-corrected chi connectivity index (χ3v) is 3.98. The molecule has 1 aromatic carbocycles. The molecular formula is C16H23BFNO2. The van der Waals surface area contributed by atoms with Gasteiger partial charge < -0.3 is 9.31 Å². The molecule has 1 fully saturated rings. The maximum Gasteiger partial charge on any atom is 0.495 e. The Morgan fingerprint density at radius 3 is 2.00 bits per heavy atom. The second-order valence-electron chi connectivity index (χ2n) is 5.89. The molecular weight excluding hydrogens is 268 g/mol. The van der Waals surface area contributed by atoms with E-state index in [0.29, 0.717) is 5.46 Å². The van der Waals surface area contributed by atoms with Gasteiger partial charge in [0.15, 0.2) is 0 Å². The minimum absolute atomic E-state index is 0.0396. The maximum atomic E-state index is 13.7. The SMILES string of the molecule is CC.Cc1cc(C#N)c(F)cc1B1OC(C)(C)C(C)(C)O1. The molecule has 1 heterocycles. The van der Waals surface area contributed by atoms with Gasteiger partial charge in [-0.2, -0.15) is 5.26 Å². The van der Waals surface area contributed by atoms with E-state index in [4.69, 9.17) is 14.6 Å². The Morgan fingerprint density at radius 2 is 1.57 bits per heavy atom. The lowest BCUT2D eigenvalue weighted by molar-refractivity contribution is 0.00578. The fraction of sp³-hybridized carbons (Fsp3) is 0.562. The van der Waals surface area contributed by atoms with E-state index in [0.717, 1.165) is 5.56 Å². The van der Waals surface area contributed by atoms with Crippen LogP contribution in [0.25, 0.3) is 0 Å². The van der Waals surface area contributed by atoms with Crippen LogP contribution in [0.2, 0.25) is 0 Å². The average molecular weight is 291 g/mol. The first-order chi connectivity index (χ1) is 9.68. The molecule has 0 amide bonds. The molecule has 1 aliphatic rings. The van der Waals surface area contributed by atoms with Gasteiger partial charge >= 0.3 is 7.12 Å². The highest BCUT2D eigenvalue weighted by atomic mass is 19.1. The number of rotatable bonds is 1. The summed E-state index contributed by atoms with van der Waals surface area (Å²) >= 11 is 0. The van der Waals surface area contributed by atoms with Crippen LogP contribution < -0.4 is 5.46 Å². The predicted molar refractivity (Wildman–Crippen MR) is 82.9 cm³/mol. The molecule has 5 heteroatoms. The zero-order valence-electron chi connectivity index (χ0n) is 13.9. The van der Waals surface area contributed by atoms with Crippen molar-refractivity contribution in [2.45, 2.75) is 59.7 Å². The van der Waals surface area contributed by atoms with Crippen LogP contribution in [0.4, 0.5) is 4.39 Å². The molecule has 114 valence electrons. The summed E-state index contributed by atoms with van der Waals surface area (Å²) in [6, 6.07) is 4.68. The van der Waals surface area contributed by atoms with Crippen LogP contribution in [0, 0.1) is 24.1 Å². The van der Waals surface area contributed by atoms with Crippen LogP contribution in [0.1, 0.15) is 52.7 Å². The van der Waals surface area contributed by atoms with Crippen LogP contribution in [-0.4, -0.2) is 18.3 Å². The van der Waals surface area contributed by atoms with Crippen molar-refractivity contribution in [1.29, 1.82) is 5.26 Å². The fourth-order valence-corrected chi connectivity index (χ4v) is 2.01. The molecule has 0 N–H and O–H groups in total. The number of hydrogen-bond acceptors (Lipinski definition) is 3. The number of nitrogens with zero attached hydrogens (tertiary/aromatic N) is 1. The summed E-state index contributed by atoms with van der Waals surface area (Å²) < 4.78 is 25.5.